The van der Waals surface area contributed by atoms with Gasteiger partial charge in [-0.2, -0.15) is 10.2 Å². The van der Waals surface area contributed by atoms with Gasteiger partial charge in [0.2, 0.25) is 0 Å². The first-order chi connectivity index (χ1) is 10.8. The van der Waals surface area contributed by atoms with Crippen molar-refractivity contribution in [1.29, 1.82) is 0 Å². The van der Waals surface area contributed by atoms with E-state index < -0.39 is 10.0 Å². The van der Waals surface area contributed by atoms with Crippen molar-refractivity contribution in [2.24, 2.45) is 0 Å². The van der Waals surface area contributed by atoms with E-state index in [1.807, 2.05) is 0 Å². The molecular weight excluding hydrogens is 357 g/mol. The number of fused-ring (bicyclic) bond motifs is 1. The Labute approximate surface area is 143 Å². The second-order valence-corrected chi connectivity index (χ2v) is 7.49. The number of nitrogens with zero attached hydrogens (tertiary/aromatic N) is 2. The minimum absolute atomic E-state index is 0.00857. The molecule has 5 nitrogen and oxygen atoms in total. The third-order valence-electron chi connectivity index (χ3n) is 3.14. The number of anilines is 1. The molecule has 0 unspecified atom stereocenters. The Kier molecular flexibility index (Phi) is 4.14. The molecule has 0 bridgehead atoms. The third-order valence-corrected chi connectivity index (χ3v) is 4.92. The first kappa shape index (κ1) is 16.0. The average molecular weight is 368 g/mol. The number of aromatic nitrogens is 2. The lowest BCUT2D eigenvalue weighted by Crippen LogP contribution is -2.13. The van der Waals surface area contributed by atoms with Gasteiger partial charge in [-0.05, 0) is 43.3 Å². The van der Waals surface area contributed by atoms with E-state index in [1.54, 1.807) is 31.2 Å². The maximum Gasteiger partial charge on any atom is 0.262 e. The molecule has 0 spiro atoms. The molecule has 0 aliphatic carbocycles. The number of aryl methyl sites for hydroxylation is 1. The van der Waals surface area contributed by atoms with E-state index in [-0.39, 0.29) is 14.9 Å². The molecule has 0 amide bonds. The summed E-state index contributed by atoms with van der Waals surface area (Å²) >= 11 is 11.8. The van der Waals surface area contributed by atoms with Gasteiger partial charge in [-0.3, -0.25) is 4.72 Å². The minimum Gasteiger partial charge on any atom is -0.279 e. The molecule has 0 saturated carbocycles. The highest BCUT2D eigenvalue weighted by Crippen LogP contribution is 2.27. The number of benzene rings is 2. The normalized spacial score (nSPS) is 11.6. The largest absolute Gasteiger partial charge is 0.279 e. The fourth-order valence-corrected chi connectivity index (χ4v) is 3.94. The molecule has 0 aliphatic heterocycles. The summed E-state index contributed by atoms with van der Waals surface area (Å²) in [6, 6.07) is 11.0. The van der Waals surface area contributed by atoms with E-state index in [9.17, 15) is 8.42 Å². The molecular formula is C15H11Cl2N3O2S. The molecule has 118 valence electrons. The van der Waals surface area contributed by atoms with Crippen molar-refractivity contribution >= 4 is 49.8 Å². The first-order valence-corrected chi connectivity index (χ1v) is 8.81. The lowest BCUT2D eigenvalue weighted by Gasteiger charge is -2.11. The Morgan fingerprint density at radius 3 is 2.39 bits per heavy atom. The van der Waals surface area contributed by atoms with Gasteiger partial charge in [-0.25, -0.2) is 8.42 Å². The predicted molar refractivity (Wildman–Crippen MR) is 91.5 cm³/mol. The van der Waals surface area contributed by atoms with Crippen LogP contribution in [0.15, 0.2) is 47.4 Å². The molecule has 8 heteroatoms. The zero-order valence-electron chi connectivity index (χ0n) is 11.9. The minimum atomic E-state index is -3.83. The lowest BCUT2D eigenvalue weighted by atomic mass is 10.2. The van der Waals surface area contributed by atoms with Crippen LogP contribution in [0.4, 0.5) is 5.69 Å². The zero-order chi connectivity index (χ0) is 16.6. The monoisotopic (exact) mass is 367 g/mol. The van der Waals surface area contributed by atoms with Crippen LogP contribution in [0.5, 0.6) is 0 Å². The summed E-state index contributed by atoms with van der Waals surface area (Å²) < 4.78 is 27.7. The second kappa shape index (κ2) is 5.96. The van der Waals surface area contributed by atoms with Crippen molar-refractivity contribution in [3.8, 4) is 0 Å². The molecule has 0 fully saturated rings. The van der Waals surface area contributed by atoms with E-state index in [2.05, 4.69) is 14.9 Å². The number of halogens is 2. The van der Waals surface area contributed by atoms with E-state index in [0.717, 1.165) is 0 Å². The Morgan fingerprint density at radius 2 is 1.70 bits per heavy atom. The molecule has 3 aromatic rings. The van der Waals surface area contributed by atoms with Gasteiger partial charge in [0.25, 0.3) is 10.0 Å². The van der Waals surface area contributed by atoms with E-state index >= 15 is 0 Å². The van der Waals surface area contributed by atoms with Gasteiger partial charge >= 0.3 is 0 Å². The van der Waals surface area contributed by atoms with Crippen LogP contribution in [0.25, 0.3) is 10.9 Å². The van der Waals surface area contributed by atoms with Gasteiger partial charge in [0.15, 0.2) is 0 Å². The van der Waals surface area contributed by atoms with Crippen LogP contribution >= 0.6 is 23.2 Å². The summed E-state index contributed by atoms with van der Waals surface area (Å²) in [7, 11) is -3.83. The average Bonchev–Trinajstić information content (AvgIpc) is 2.46. The van der Waals surface area contributed by atoms with Crippen molar-refractivity contribution < 1.29 is 8.42 Å². The molecule has 1 aromatic heterocycles. The van der Waals surface area contributed by atoms with Gasteiger partial charge in [-0.1, -0.05) is 29.3 Å². The number of rotatable bonds is 3. The molecule has 1 heterocycles. The topological polar surface area (TPSA) is 72.0 Å². The molecule has 0 atom stereocenters. The first-order valence-electron chi connectivity index (χ1n) is 6.57. The third kappa shape index (κ3) is 3.39. The molecule has 3 rings (SSSR count). The van der Waals surface area contributed by atoms with Gasteiger partial charge in [-0.15, -0.1) is 0 Å². The summed E-state index contributed by atoms with van der Waals surface area (Å²) in [5.74, 6) is 0. The van der Waals surface area contributed by atoms with Gasteiger partial charge < -0.3 is 0 Å². The Hall–Kier alpha value is -1.89. The summed E-state index contributed by atoms with van der Waals surface area (Å²) in [6.07, 6.45) is 0. The fraction of sp³-hybridized carbons (Fsp3) is 0.0667. The summed E-state index contributed by atoms with van der Waals surface area (Å²) in [6.45, 7) is 1.79. The summed E-state index contributed by atoms with van der Waals surface area (Å²) in [5, 5.41) is 9.17. The SMILES string of the molecule is Cc1cc2c(NS(=O)(=O)c3cc(Cl)cc(Cl)c3)cccc2nn1. The maximum absolute atomic E-state index is 12.6. The fourth-order valence-electron chi connectivity index (χ4n) is 2.14. The number of sulfonamides is 1. The van der Waals surface area contributed by atoms with Crippen LogP contribution in [-0.4, -0.2) is 18.6 Å². The maximum atomic E-state index is 12.6. The highest BCUT2D eigenvalue weighted by atomic mass is 35.5. The standard InChI is InChI=1S/C15H11Cl2N3O2S/c1-9-5-13-14(19-18-9)3-2-4-15(13)20-23(21,22)12-7-10(16)6-11(17)8-12/h2-8,20H,1H3. The molecule has 2 aromatic carbocycles. The van der Waals surface area contributed by atoms with Crippen molar-refractivity contribution in [3.05, 3.63) is 58.2 Å². The molecule has 0 saturated heterocycles. The Balaban J connectivity index is 2.09. The van der Waals surface area contributed by atoms with Crippen LogP contribution in [-0.2, 0) is 10.0 Å². The molecule has 0 aliphatic rings. The van der Waals surface area contributed by atoms with E-state index in [1.165, 1.54) is 18.2 Å². The van der Waals surface area contributed by atoms with Gasteiger partial charge in [0, 0.05) is 15.4 Å². The molecule has 0 radical (unpaired) electrons. The van der Waals surface area contributed by atoms with Gasteiger partial charge in [0.1, 0.15) is 0 Å². The Bertz CT molecular complexity index is 987. The van der Waals surface area contributed by atoms with Crippen LogP contribution in [0, 0.1) is 6.92 Å². The smallest absolute Gasteiger partial charge is 0.262 e. The van der Waals surface area contributed by atoms with Gasteiger partial charge in [0.05, 0.1) is 21.8 Å². The quantitative estimate of drug-likeness (QED) is 0.757. The summed E-state index contributed by atoms with van der Waals surface area (Å²) in [4.78, 5) is -0.00857. The molecule has 23 heavy (non-hydrogen) atoms. The van der Waals surface area contributed by atoms with Crippen molar-refractivity contribution in [1.82, 2.24) is 10.2 Å². The van der Waals surface area contributed by atoms with Crippen molar-refractivity contribution in [2.45, 2.75) is 11.8 Å². The number of nitrogens with one attached hydrogen (secondary N) is 1. The highest BCUT2D eigenvalue weighted by molar-refractivity contribution is 7.92. The van der Waals surface area contributed by atoms with Crippen LogP contribution < -0.4 is 4.72 Å². The Morgan fingerprint density at radius 1 is 1.00 bits per heavy atom. The summed E-state index contributed by atoms with van der Waals surface area (Å²) in [5.41, 5.74) is 1.70. The van der Waals surface area contributed by atoms with Crippen LogP contribution in [0.2, 0.25) is 10.0 Å². The van der Waals surface area contributed by atoms with Crippen LogP contribution in [0.1, 0.15) is 5.69 Å². The predicted octanol–water partition coefficient (Wildman–Crippen LogP) is 4.05. The van der Waals surface area contributed by atoms with E-state index in [0.29, 0.717) is 22.3 Å². The van der Waals surface area contributed by atoms with Crippen LogP contribution in [0.3, 0.4) is 0 Å². The highest BCUT2D eigenvalue weighted by Gasteiger charge is 2.17. The second-order valence-electron chi connectivity index (χ2n) is 4.93. The van der Waals surface area contributed by atoms with Crippen molar-refractivity contribution in [3.63, 3.8) is 0 Å². The zero-order valence-corrected chi connectivity index (χ0v) is 14.2. The molecule has 1 N–H and O–H groups in total. The number of hydrogen-bond acceptors (Lipinski definition) is 4. The van der Waals surface area contributed by atoms with Crippen molar-refractivity contribution in [2.75, 3.05) is 4.72 Å². The number of hydrogen-bond donors (Lipinski definition) is 1. The van der Waals surface area contributed by atoms with E-state index in [4.69, 9.17) is 23.2 Å². The lowest BCUT2D eigenvalue weighted by molar-refractivity contribution is 0.601.